The molecular formula is C39H40N8O2. The number of likely N-dealkylation sites (tertiary alicyclic amines) is 1. The molecule has 6 aromatic rings. The number of fused-ring (bicyclic) bond motifs is 2. The molecule has 1 aliphatic heterocycles. The Kier molecular flexibility index (Phi) is 9.06. The minimum Gasteiger partial charge on any atom is -0.435 e. The number of aliphatic hydroxyl groups excluding tert-OH is 1. The molecule has 1 unspecified atom stereocenters. The maximum absolute atomic E-state index is 9.96. The summed E-state index contributed by atoms with van der Waals surface area (Å²) in [4.78, 5) is 21.4. The van der Waals surface area contributed by atoms with E-state index in [0.29, 0.717) is 52.8 Å². The van der Waals surface area contributed by atoms with E-state index in [2.05, 4.69) is 58.6 Å². The second-order valence-electron chi connectivity index (χ2n) is 13.0. The van der Waals surface area contributed by atoms with E-state index in [1.165, 1.54) is 12.8 Å². The van der Waals surface area contributed by atoms with Gasteiger partial charge in [0, 0.05) is 37.1 Å². The Morgan fingerprint density at radius 3 is 2.43 bits per heavy atom. The van der Waals surface area contributed by atoms with E-state index in [-0.39, 0.29) is 0 Å². The molecule has 3 N–H and O–H groups in total. The van der Waals surface area contributed by atoms with E-state index in [4.69, 9.17) is 19.4 Å². The number of nitriles is 1. The molecule has 0 spiro atoms. The number of pyridine rings is 1. The third-order valence-corrected chi connectivity index (χ3v) is 9.19. The predicted molar refractivity (Wildman–Crippen MR) is 192 cm³/mol. The lowest BCUT2D eigenvalue weighted by Crippen LogP contribution is -2.23. The van der Waals surface area contributed by atoms with Gasteiger partial charge in [-0.3, -0.25) is 9.88 Å². The van der Waals surface area contributed by atoms with Crippen molar-refractivity contribution in [3.63, 3.8) is 0 Å². The summed E-state index contributed by atoms with van der Waals surface area (Å²) in [6.45, 7) is 11.9. The summed E-state index contributed by atoms with van der Waals surface area (Å²) in [6.07, 6.45) is 3.83. The molecule has 10 nitrogen and oxygen atoms in total. The topological polar surface area (TPSA) is 136 Å². The van der Waals surface area contributed by atoms with Crippen LogP contribution in [0.25, 0.3) is 44.7 Å². The van der Waals surface area contributed by atoms with Crippen molar-refractivity contribution in [2.24, 2.45) is 0 Å². The summed E-state index contributed by atoms with van der Waals surface area (Å²) in [5.41, 5.74) is 11.3. The fraction of sp³-hybridized carbons (Fsp3) is 0.308. The van der Waals surface area contributed by atoms with Crippen LogP contribution in [0.4, 0.5) is 11.5 Å². The summed E-state index contributed by atoms with van der Waals surface area (Å²) in [5.74, 6) is 1.79. The van der Waals surface area contributed by atoms with E-state index in [1.54, 1.807) is 6.92 Å². The van der Waals surface area contributed by atoms with Gasteiger partial charge in [0.2, 0.25) is 5.89 Å². The second kappa shape index (κ2) is 13.7. The van der Waals surface area contributed by atoms with Gasteiger partial charge in [-0.05, 0) is 117 Å². The first-order valence-corrected chi connectivity index (χ1v) is 16.8. The van der Waals surface area contributed by atoms with Crippen molar-refractivity contribution in [3.05, 3.63) is 94.4 Å². The largest absolute Gasteiger partial charge is 0.435 e. The average Bonchev–Trinajstić information content (AvgIpc) is 3.75. The first-order valence-electron chi connectivity index (χ1n) is 16.8. The molecular weight excluding hydrogens is 612 g/mol. The molecule has 10 heteroatoms. The van der Waals surface area contributed by atoms with Crippen LogP contribution in [0.1, 0.15) is 53.4 Å². The molecule has 1 aliphatic rings. The Morgan fingerprint density at radius 1 is 0.918 bits per heavy atom. The smallest absolute Gasteiger partial charge is 0.227 e. The molecule has 7 rings (SSSR count). The van der Waals surface area contributed by atoms with Gasteiger partial charge in [0.15, 0.2) is 11.4 Å². The monoisotopic (exact) mass is 652 g/mol. The maximum Gasteiger partial charge on any atom is 0.227 e. The van der Waals surface area contributed by atoms with Crippen LogP contribution in [0, 0.1) is 32.1 Å². The Morgan fingerprint density at radius 2 is 1.65 bits per heavy atom. The normalized spacial score (nSPS) is 14.0. The zero-order valence-corrected chi connectivity index (χ0v) is 28.3. The Balaban J connectivity index is 1.20. The van der Waals surface area contributed by atoms with Gasteiger partial charge >= 0.3 is 0 Å². The third kappa shape index (κ3) is 6.74. The maximum atomic E-state index is 9.96. The van der Waals surface area contributed by atoms with Crippen LogP contribution in [0.2, 0.25) is 0 Å². The Labute approximate surface area is 285 Å². The van der Waals surface area contributed by atoms with Gasteiger partial charge in [0.25, 0.3) is 0 Å². The van der Waals surface area contributed by atoms with Gasteiger partial charge in [0.05, 0.1) is 17.2 Å². The van der Waals surface area contributed by atoms with Crippen LogP contribution < -0.4 is 10.6 Å². The third-order valence-electron chi connectivity index (χ3n) is 9.19. The summed E-state index contributed by atoms with van der Waals surface area (Å²) in [6, 6.07) is 20.7. The van der Waals surface area contributed by atoms with Crippen LogP contribution in [0.15, 0.2) is 65.2 Å². The molecule has 1 fully saturated rings. The standard InChI is InChI=1S/C39H40N8O2/c1-23(48)19-41-20-28-17-34-36(42-21-28)38(44-26(4)43-34)45-33-12-8-10-31(25(33)3)30-9-7-11-32(24(30)2)39-46-35-16-27(22-47-13-5-6-14-47)15-29(18-40)37(35)49-39/h7-12,15-17,21,23,41,48H,5-6,13-14,19-20,22H2,1-4H3,(H,43,44,45). The first-order chi connectivity index (χ1) is 23.8. The van der Waals surface area contributed by atoms with Crippen molar-refractivity contribution in [3.8, 4) is 28.7 Å². The number of oxazole rings is 1. The quantitative estimate of drug-likeness (QED) is 0.140. The molecule has 0 radical (unpaired) electrons. The Hall–Kier alpha value is -5.21. The highest BCUT2D eigenvalue weighted by Crippen LogP contribution is 2.37. The summed E-state index contributed by atoms with van der Waals surface area (Å²) < 4.78 is 6.30. The van der Waals surface area contributed by atoms with E-state index in [1.807, 2.05) is 49.5 Å². The summed E-state index contributed by atoms with van der Waals surface area (Å²) >= 11 is 0. The highest BCUT2D eigenvalue weighted by atomic mass is 16.3. The first kappa shape index (κ1) is 32.3. The lowest BCUT2D eigenvalue weighted by atomic mass is 9.93. The molecule has 0 saturated carbocycles. The molecule has 3 aromatic heterocycles. The molecule has 1 saturated heterocycles. The average molecular weight is 653 g/mol. The SMILES string of the molecule is Cc1nc(Nc2cccc(-c3cccc(-c4nc5cc(CN6CCCC6)cc(C#N)c5o4)c3C)c2C)c2ncc(CNCC(C)O)cc2n1. The molecule has 0 amide bonds. The lowest BCUT2D eigenvalue weighted by Gasteiger charge is -2.17. The van der Waals surface area contributed by atoms with Gasteiger partial charge in [-0.25, -0.2) is 15.0 Å². The number of hydrogen-bond acceptors (Lipinski definition) is 10. The van der Waals surface area contributed by atoms with E-state index in [0.717, 1.165) is 69.8 Å². The van der Waals surface area contributed by atoms with Gasteiger partial charge < -0.3 is 20.2 Å². The summed E-state index contributed by atoms with van der Waals surface area (Å²) in [5, 5.41) is 26.3. The number of aryl methyl sites for hydroxylation is 1. The van der Waals surface area contributed by atoms with Crippen molar-refractivity contribution >= 4 is 33.6 Å². The van der Waals surface area contributed by atoms with Crippen molar-refractivity contribution in [1.82, 2.24) is 30.2 Å². The zero-order chi connectivity index (χ0) is 34.1. The van der Waals surface area contributed by atoms with E-state index >= 15 is 0 Å². The zero-order valence-electron chi connectivity index (χ0n) is 28.3. The van der Waals surface area contributed by atoms with Crippen LogP contribution >= 0.6 is 0 Å². The van der Waals surface area contributed by atoms with Crippen LogP contribution in [-0.4, -0.2) is 55.7 Å². The van der Waals surface area contributed by atoms with Crippen LogP contribution in [0.5, 0.6) is 0 Å². The van der Waals surface area contributed by atoms with Crippen molar-refractivity contribution in [2.45, 2.75) is 59.7 Å². The number of rotatable bonds is 10. The number of hydrogen-bond donors (Lipinski definition) is 3. The molecule has 0 aliphatic carbocycles. The molecule has 0 bridgehead atoms. The number of benzene rings is 3. The van der Waals surface area contributed by atoms with Crippen molar-refractivity contribution in [2.75, 3.05) is 25.0 Å². The fourth-order valence-electron chi connectivity index (χ4n) is 6.71. The van der Waals surface area contributed by atoms with Gasteiger partial charge in [0.1, 0.15) is 22.9 Å². The number of nitrogens with zero attached hydrogens (tertiary/aromatic N) is 6. The number of aromatic nitrogens is 4. The minimum absolute atomic E-state index is 0.420. The highest BCUT2D eigenvalue weighted by molar-refractivity contribution is 5.89. The molecule has 3 aromatic carbocycles. The minimum atomic E-state index is -0.420. The van der Waals surface area contributed by atoms with E-state index < -0.39 is 6.10 Å². The summed E-state index contributed by atoms with van der Waals surface area (Å²) in [7, 11) is 0. The number of aliphatic hydroxyl groups is 1. The highest BCUT2D eigenvalue weighted by Gasteiger charge is 2.20. The lowest BCUT2D eigenvalue weighted by molar-refractivity contribution is 0.191. The number of anilines is 2. The van der Waals surface area contributed by atoms with E-state index in [9.17, 15) is 10.4 Å². The fourth-order valence-corrected chi connectivity index (χ4v) is 6.71. The predicted octanol–water partition coefficient (Wildman–Crippen LogP) is 7.11. The molecule has 248 valence electrons. The van der Waals surface area contributed by atoms with Crippen LogP contribution in [0.3, 0.4) is 0 Å². The molecule has 1 atom stereocenters. The second-order valence-corrected chi connectivity index (χ2v) is 13.0. The van der Waals surface area contributed by atoms with Crippen molar-refractivity contribution < 1.29 is 9.52 Å². The Bertz CT molecular complexity index is 2210. The van der Waals surface area contributed by atoms with Crippen molar-refractivity contribution in [1.29, 1.82) is 5.26 Å². The van der Waals surface area contributed by atoms with Gasteiger partial charge in [-0.15, -0.1) is 0 Å². The van der Waals surface area contributed by atoms with Crippen LogP contribution in [-0.2, 0) is 13.1 Å². The van der Waals surface area contributed by atoms with Gasteiger partial charge in [-0.2, -0.15) is 5.26 Å². The van der Waals surface area contributed by atoms with Gasteiger partial charge in [-0.1, -0.05) is 24.3 Å². The molecule has 4 heterocycles. The number of nitrogens with one attached hydrogen (secondary N) is 2. The molecule has 49 heavy (non-hydrogen) atoms.